The number of carbonyl (C=O) groups is 1. The maximum Gasteiger partial charge on any atom is 0.234 e. The SMILES string of the molecule is CC(NC(=O)CN(C)Cc1ccccc1Cl)c1ccc(Cl)cc1. The van der Waals surface area contributed by atoms with Crippen LogP contribution in [0.3, 0.4) is 0 Å². The van der Waals surface area contributed by atoms with Crippen molar-refractivity contribution in [2.45, 2.75) is 19.5 Å². The van der Waals surface area contributed by atoms with Crippen LogP contribution in [0.5, 0.6) is 0 Å². The second kappa shape index (κ2) is 8.34. The predicted octanol–water partition coefficient (Wildman–Crippen LogP) is 4.30. The van der Waals surface area contributed by atoms with Gasteiger partial charge < -0.3 is 5.32 Å². The molecule has 2 rings (SSSR count). The van der Waals surface area contributed by atoms with Gasteiger partial charge in [0.25, 0.3) is 0 Å². The molecule has 0 saturated carbocycles. The number of halogens is 2. The first kappa shape index (κ1) is 17.8. The standard InChI is InChI=1S/C18H20Cl2N2O/c1-13(14-7-9-16(19)10-8-14)21-18(23)12-22(2)11-15-5-3-4-6-17(15)20/h3-10,13H,11-12H2,1-2H3,(H,21,23). The molecule has 1 N–H and O–H groups in total. The Balaban J connectivity index is 1.86. The maximum atomic E-state index is 12.2. The lowest BCUT2D eigenvalue weighted by Crippen LogP contribution is -2.36. The summed E-state index contributed by atoms with van der Waals surface area (Å²) in [7, 11) is 1.90. The van der Waals surface area contributed by atoms with E-state index in [1.54, 1.807) is 0 Å². The van der Waals surface area contributed by atoms with Gasteiger partial charge in [0.1, 0.15) is 0 Å². The molecule has 0 aliphatic heterocycles. The highest BCUT2D eigenvalue weighted by Gasteiger charge is 2.12. The van der Waals surface area contributed by atoms with E-state index < -0.39 is 0 Å². The third-order valence-electron chi connectivity index (χ3n) is 3.56. The van der Waals surface area contributed by atoms with E-state index in [2.05, 4.69) is 5.32 Å². The summed E-state index contributed by atoms with van der Waals surface area (Å²) in [6.07, 6.45) is 0. The summed E-state index contributed by atoms with van der Waals surface area (Å²) in [6, 6.07) is 15.1. The lowest BCUT2D eigenvalue weighted by Gasteiger charge is -2.19. The van der Waals surface area contributed by atoms with E-state index in [1.807, 2.05) is 67.4 Å². The molecule has 1 amide bonds. The van der Waals surface area contributed by atoms with Gasteiger partial charge in [0.2, 0.25) is 5.91 Å². The Bertz CT molecular complexity index is 658. The fourth-order valence-corrected chi connectivity index (χ4v) is 2.66. The zero-order valence-electron chi connectivity index (χ0n) is 13.2. The van der Waals surface area contributed by atoms with Crippen molar-refractivity contribution < 1.29 is 4.79 Å². The number of likely N-dealkylation sites (N-methyl/N-ethyl adjacent to an activating group) is 1. The van der Waals surface area contributed by atoms with Gasteiger partial charge in [-0.15, -0.1) is 0 Å². The largest absolute Gasteiger partial charge is 0.348 e. The molecule has 0 fully saturated rings. The molecule has 0 aliphatic rings. The zero-order valence-corrected chi connectivity index (χ0v) is 14.7. The normalized spacial score (nSPS) is 12.2. The maximum absolute atomic E-state index is 12.2. The summed E-state index contributed by atoms with van der Waals surface area (Å²) >= 11 is 12.0. The van der Waals surface area contributed by atoms with Crippen molar-refractivity contribution in [3.63, 3.8) is 0 Å². The van der Waals surface area contributed by atoms with E-state index in [1.165, 1.54) is 0 Å². The monoisotopic (exact) mass is 350 g/mol. The summed E-state index contributed by atoms with van der Waals surface area (Å²) in [5.74, 6) is -0.0259. The van der Waals surface area contributed by atoms with Gasteiger partial charge in [-0.2, -0.15) is 0 Å². The van der Waals surface area contributed by atoms with Crippen LogP contribution < -0.4 is 5.32 Å². The van der Waals surface area contributed by atoms with Crippen LogP contribution in [0.15, 0.2) is 48.5 Å². The fraction of sp³-hybridized carbons (Fsp3) is 0.278. The molecular weight excluding hydrogens is 331 g/mol. The predicted molar refractivity (Wildman–Crippen MR) is 95.8 cm³/mol. The van der Waals surface area contributed by atoms with E-state index in [0.29, 0.717) is 23.1 Å². The summed E-state index contributed by atoms with van der Waals surface area (Å²) in [6.45, 7) is 2.89. The molecular formula is C18H20Cl2N2O. The highest BCUT2D eigenvalue weighted by molar-refractivity contribution is 6.31. The quantitative estimate of drug-likeness (QED) is 0.842. The van der Waals surface area contributed by atoms with Gasteiger partial charge >= 0.3 is 0 Å². The first-order chi connectivity index (χ1) is 11.0. The smallest absolute Gasteiger partial charge is 0.234 e. The Morgan fingerprint density at radius 2 is 1.78 bits per heavy atom. The Kier molecular flexibility index (Phi) is 6.46. The van der Waals surface area contributed by atoms with E-state index in [9.17, 15) is 4.79 Å². The van der Waals surface area contributed by atoms with Gasteiger partial charge in [0.15, 0.2) is 0 Å². The first-order valence-electron chi connectivity index (χ1n) is 7.42. The molecule has 5 heteroatoms. The molecule has 1 unspecified atom stereocenters. The lowest BCUT2D eigenvalue weighted by molar-refractivity contribution is -0.122. The van der Waals surface area contributed by atoms with Gasteiger partial charge in [-0.05, 0) is 43.3 Å². The van der Waals surface area contributed by atoms with Gasteiger partial charge in [0, 0.05) is 16.6 Å². The minimum absolute atomic E-state index is 0.0259. The molecule has 0 spiro atoms. The van der Waals surface area contributed by atoms with E-state index >= 15 is 0 Å². The number of hydrogen-bond donors (Lipinski definition) is 1. The van der Waals surface area contributed by atoms with Crippen LogP contribution in [0, 0.1) is 0 Å². The molecule has 0 heterocycles. The average molecular weight is 351 g/mol. The fourth-order valence-electron chi connectivity index (χ4n) is 2.34. The van der Waals surface area contributed by atoms with Crippen molar-refractivity contribution in [1.82, 2.24) is 10.2 Å². The average Bonchev–Trinajstić information content (AvgIpc) is 2.50. The number of nitrogens with zero attached hydrogens (tertiary/aromatic N) is 1. The van der Waals surface area contributed by atoms with Crippen LogP contribution >= 0.6 is 23.2 Å². The third kappa shape index (κ3) is 5.54. The van der Waals surface area contributed by atoms with Crippen LogP contribution in [-0.2, 0) is 11.3 Å². The second-order valence-electron chi connectivity index (χ2n) is 5.60. The Hall–Kier alpha value is -1.55. The molecule has 0 radical (unpaired) electrons. The van der Waals surface area contributed by atoms with Crippen LogP contribution in [0.25, 0.3) is 0 Å². The summed E-state index contributed by atoms with van der Waals surface area (Å²) in [5, 5.41) is 4.39. The molecule has 23 heavy (non-hydrogen) atoms. The van der Waals surface area contributed by atoms with Crippen molar-refractivity contribution in [1.29, 1.82) is 0 Å². The van der Waals surface area contributed by atoms with Crippen LogP contribution in [0.1, 0.15) is 24.1 Å². The van der Waals surface area contributed by atoms with Gasteiger partial charge in [-0.3, -0.25) is 9.69 Å². The van der Waals surface area contributed by atoms with Gasteiger partial charge in [0.05, 0.1) is 12.6 Å². The Morgan fingerprint density at radius 3 is 2.43 bits per heavy atom. The Morgan fingerprint density at radius 1 is 1.13 bits per heavy atom. The summed E-state index contributed by atoms with van der Waals surface area (Å²) in [5.41, 5.74) is 2.03. The topological polar surface area (TPSA) is 32.3 Å². The molecule has 122 valence electrons. The molecule has 0 saturated heterocycles. The number of nitrogens with one attached hydrogen (secondary N) is 1. The molecule has 1 atom stereocenters. The lowest BCUT2D eigenvalue weighted by atomic mass is 10.1. The van der Waals surface area contributed by atoms with Crippen LogP contribution in [-0.4, -0.2) is 24.4 Å². The summed E-state index contributed by atoms with van der Waals surface area (Å²) in [4.78, 5) is 14.1. The number of rotatable bonds is 6. The molecule has 2 aromatic carbocycles. The molecule has 0 bridgehead atoms. The number of amides is 1. The number of hydrogen-bond acceptors (Lipinski definition) is 2. The molecule has 0 aromatic heterocycles. The minimum Gasteiger partial charge on any atom is -0.348 e. The van der Waals surface area contributed by atoms with E-state index in [-0.39, 0.29) is 11.9 Å². The number of benzene rings is 2. The van der Waals surface area contributed by atoms with Gasteiger partial charge in [-0.25, -0.2) is 0 Å². The van der Waals surface area contributed by atoms with E-state index in [0.717, 1.165) is 11.1 Å². The van der Waals surface area contributed by atoms with Crippen molar-refractivity contribution in [3.05, 3.63) is 69.7 Å². The summed E-state index contributed by atoms with van der Waals surface area (Å²) < 4.78 is 0. The molecule has 3 nitrogen and oxygen atoms in total. The third-order valence-corrected chi connectivity index (χ3v) is 4.18. The van der Waals surface area contributed by atoms with Crippen LogP contribution in [0.4, 0.5) is 0 Å². The second-order valence-corrected chi connectivity index (χ2v) is 6.45. The van der Waals surface area contributed by atoms with Crippen molar-refractivity contribution >= 4 is 29.1 Å². The molecule has 0 aliphatic carbocycles. The van der Waals surface area contributed by atoms with Crippen LogP contribution in [0.2, 0.25) is 10.0 Å². The highest BCUT2D eigenvalue weighted by Crippen LogP contribution is 2.17. The Labute approximate surface area is 147 Å². The van der Waals surface area contributed by atoms with Crippen molar-refractivity contribution in [2.75, 3.05) is 13.6 Å². The molecule has 2 aromatic rings. The highest BCUT2D eigenvalue weighted by atomic mass is 35.5. The van der Waals surface area contributed by atoms with E-state index in [4.69, 9.17) is 23.2 Å². The minimum atomic E-state index is -0.0616. The number of carbonyl (C=O) groups excluding carboxylic acids is 1. The van der Waals surface area contributed by atoms with Crippen molar-refractivity contribution in [3.8, 4) is 0 Å². The zero-order chi connectivity index (χ0) is 16.8. The first-order valence-corrected chi connectivity index (χ1v) is 8.18. The van der Waals surface area contributed by atoms with Gasteiger partial charge in [-0.1, -0.05) is 53.5 Å². The van der Waals surface area contributed by atoms with Crippen molar-refractivity contribution in [2.24, 2.45) is 0 Å².